The first-order valence-corrected chi connectivity index (χ1v) is 9.60. The van der Waals surface area contributed by atoms with Gasteiger partial charge < -0.3 is 10.6 Å². The van der Waals surface area contributed by atoms with E-state index < -0.39 is 0 Å². The number of anilines is 2. The summed E-state index contributed by atoms with van der Waals surface area (Å²) in [7, 11) is 0. The number of aromatic nitrogens is 1. The molecule has 2 aromatic carbocycles. The molecule has 0 aliphatic heterocycles. The minimum absolute atomic E-state index is 0.00922. The number of para-hydroxylation sites is 1. The molecule has 0 atom stereocenters. The summed E-state index contributed by atoms with van der Waals surface area (Å²) in [5, 5.41) is 10.3. The van der Waals surface area contributed by atoms with Crippen molar-refractivity contribution >= 4 is 52.6 Å². The molecule has 152 valence electrons. The molecule has 9 heteroatoms. The molecule has 3 rings (SSSR count). The molecule has 0 unspecified atom stereocenters. The van der Waals surface area contributed by atoms with Crippen molar-refractivity contribution in [3.05, 3.63) is 88.2 Å². The second-order valence-corrected chi connectivity index (χ2v) is 6.88. The van der Waals surface area contributed by atoms with Crippen LogP contribution in [0.15, 0.2) is 72.1 Å². The smallest absolute Gasteiger partial charge is 0.259 e. The average molecular weight is 442 g/mol. The molecule has 2 amide bonds. The van der Waals surface area contributed by atoms with E-state index >= 15 is 0 Å². The molecule has 0 bridgehead atoms. The van der Waals surface area contributed by atoms with Crippen molar-refractivity contribution in [3.63, 3.8) is 0 Å². The number of hydrazone groups is 1. The Morgan fingerprint density at radius 2 is 1.60 bits per heavy atom. The molecule has 3 aromatic rings. The summed E-state index contributed by atoms with van der Waals surface area (Å²) in [6, 6.07) is 16.0. The fourth-order valence-corrected chi connectivity index (χ4v) is 2.86. The minimum Gasteiger partial charge on any atom is -0.376 e. The molecule has 3 N–H and O–H groups in total. The van der Waals surface area contributed by atoms with E-state index in [1.54, 1.807) is 24.3 Å². The number of nitrogens with one attached hydrogen (secondary N) is 3. The Balaban J connectivity index is 1.48. The lowest BCUT2D eigenvalue weighted by Crippen LogP contribution is -2.25. The van der Waals surface area contributed by atoms with Gasteiger partial charge in [-0.3, -0.25) is 14.6 Å². The molecule has 0 spiro atoms. The van der Waals surface area contributed by atoms with Crippen molar-refractivity contribution in [1.29, 1.82) is 0 Å². The molecule has 1 aromatic heterocycles. The summed E-state index contributed by atoms with van der Waals surface area (Å²) in [5.41, 5.74) is 4.75. The third-order valence-corrected chi connectivity index (χ3v) is 4.51. The molecule has 0 aliphatic rings. The number of rotatable bonds is 7. The number of carbonyl (C=O) groups excluding carboxylic acids is 2. The van der Waals surface area contributed by atoms with Gasteiger partial charge in [0.1, 0.15) is 0 Å². The standard InChI is InChI=1S/C21H17Cl2N5O2/c22-18-11-24-12-19(23)17(18)10-26-28-20(29)13-25-15-8-6-14(7-9-15)21(30)27-16-4-2-1-3-5-16/h1-12,25H,13H2,(H,27,30)(H,28,29). The van der Waals surface area contributed by atoms with Crippen LogP contribution in [0.5, 0.6) is 0 Å². The Hall–Kier alpha value is -3.42. The van der Waals surface area contributed by atoms with Crippen molar-refractivity contribution in [2.75, 3.05) is 17.2 Å². The van der Waals surface area contributed by atoms with Gasteiger partial charge in [-0.15, -0.1) is 0 Å². The van der Waals surface area contributed by atoms with Gasteiger partial charge in [0.15, 0.2) is 0 Å². The zero-order valence-electron chi connectivity index (χ0n) is 15.6. The Bertz CT molecular complexity index is 1040. The average Bonchev–Trinajstić information content (AvgIpc) is 2.75. The maximum atomic E-state index is 12.2. The van der Waals surface area contributed by atoms with Gasteiger partial charge >= 0.3 is 0 Å². The van der Waals surface area contributed by atoms with Crippen molar-refractivity contribution in [2.24, 2.45) is 5.10 Å². The molecule has 0 fully saturated rings. The molecular formula is C21H17Cl2N5O2. The number of pyridine rings is 1. The number of halogens is 2. The van der Waals surface area contributed by atoms with E-state index in [0.717, 1.165) is 5.69 Å². The summed E-state index contributed by atoms with van der Waals surface area (Å²) < 4.78 is 0. The van der Waals surface area contributed by atoms with E-state index in [1.807, 2.05) is 30.3 Å². The van der Waals surface area contributed by atoms with Crippen LogP contribution >= 0.6 is 23.2 Å². The van der Waals surface area contributed by atoms with Crippen LogP contribution in [0.4, 0.5) is 11.4 Å². The Kier molecular flexibility index (Phi) is 7.37. The molecule has 0 saturated carbocycles. The predicted molar refractivity (Wildman–Crippen MR) is 119 cm³/mol. The van der Waals surface area contributed by atoms with Gasteiger partial charge in [0.2, 0.25) is 0 Å². The van der Waals surface area contributed by atoms with Crippen LogP contribution in [0.1, 0.15) is 15.9 Å². The van der Waals surface area contributed by atoms with Crippen LogP contribution in [-0.4, -0.2) is 29.6 Å². The minimum atomic E-state index is -0.363. The maximum absolute atomic E-state index is 12.2. The van der Waals surface area contributed by atoms with Gasteiger partial charge in [0, 0.05) is 34.9 Å². The first-order valence-electron chi connectivity index (χ1n) is 8.84. The van der Waals surface area contributed by atoms with Crippen molar-refractivity contribution in [1.82, 2.24) is 10.4 Å². The lowest BCUT2D eigenvalue weighted by Gasteiger charge is -2.08. The third-order valence-electron chi connectivity index (χ3n) is 3.91. The molecule has 0 aliphatic carbocycles. The van der Waals surface area contributed by atoms with Crippen LogP contribution in [0.2, 0.25) is 10.0 Å². The maximum Gasteiger partial charge on any atom is 0.259 e. The monoisotopic (exact) mass is 441 g/mol. The molecule has 30 heavy (non-hydrogen) atoms. The van der Waals surface area contributed by atoms with Crippen LogP contribution in [0, 0.1) is 0 Å². The number of nitrogens with zero attached hydrogens (tertiary/aromatic N) is 2. The zero-order chi connectivity index (χ0) is 21.3. The van der Waals surface area contributed by atoms with Crippen molar-refractivity contribution < 1.29 is 9.59 Å². The topological polar surface area (TPSA) is 95.5 Å². The predicted octanol–water partition coefficient (Wildman–Crippen LogP) is 4.20. The lowest BCUT2D eigenvalue weighted by atomic mass is 10.2. The Morgan fingerprint density at radius 1 is 0.933 bits per heavy atom. The van der Waals surface area contributed by atoms with E-state index in [2.05, 4.69) is 26.1 Å². The lowest BCUT2D eigenvalue weighted by molar-refractivity contribution is -0.119. The van der Waals surface area contributed by atoms with E-state index in [4.69, 9.17) is 23.2 Å². The van der Waals surface area contributed by atoms with E-state index in [1.165, 1.54) is 18.6 Å². The fourth-order valence-electron chi connectivity index (χ4n) is 2.40. The highest BCUT2D eigenvalue weighted by Gasteiger charge is 2.07. The van der Waals surface area contributed by atoms with Crippen LogP contribution in [-0.2, 0) is 4.79 Å². The number of amides is 2. The summed E-state index contributed by atoms with van der Waals surface area (Å²) >= 11 is 11.9. The van der Waals surface area contributed by atoms with Gasteiger partial charge in [-0.25, -0.2) is 5.43 Å². The molecule has 0 saturated heterocycles. The molecule has 1 heterocycles. The fraction of sp³-hybridized carbons (Fsp3) is 0.0476. The van der Waals surface area contributed by atoms with Gasteiger partial charge in [0.05, 0.1) is 22.8 Å². The SMILES string of the molecule is O=C(CNc1ccc(C(=O)Nc2ccccc2)cc1)NN=Cc1c(Cl)cncc1Cl. The van der Waals surface area contributed by atoms with Crippen molar-refractivity contribution in [2.45, 2.75) is 0 Å². The van der Waals surface area contributed by atoms with Gasteiger partial charge in [-0.05, 0) is 36.4 Å². The zero-order valence-corrected chi connectivity index (χ0v) is 17.1. The van der Waals surface area contributed by atoms with Crippen molar-refractivity contribution in [3.8, 4) is 0 Å². The molecule has 0 radical (unpaired) electrons. The second-order valence-electron chi connectivity index (χ2n) is 6.06. The quantitative estimate of drug-likeness (QED) is 0.378. The highest BCUT2D eigenvalue weighted by molar-refractivity contribution is 6.38. The third kappa shape index (κ3) is 6.04. The van der Waals surface area contributed by atoms with E-state index in [0.29, 0.717) is 26.9 Å². The largest absolute Gasteiger partial charge is 0.376 e. The summed E-state index contributed by atoms with van der Waals surface area (Å²) in [4.78, 5) is 28.0. The first-order chi connectivity index (χ1) is 14.5. The van der Waals surface area contributed by atoms with Crippen LogP contribution in [0.3, 0.4) is 0 Å². The van der Waals surface area contributed by atoms with Gasteiger partial charge in [0.25, 0.3) is 11.8 Å². The molecular weight excluding hydrogens is 425 g/mol. The Labute approximate surface area is 183 Å². The summed E-state index contributed by atoms with van der Waals surface area (Å²) in [6.45, 7) is -0.00922. The van der Waals surface area contributed by atoms with E-state index in [-0.39, 0.29) is 18.4 Å². The van der Waals surface area contributed by atoms with Gasteiger partial charge in [-0.2, -0.15) is 5.10 Å². The first kappa shape index (κ1) is 21.3. The highest BCUT2D eigenvalue weighted by atomic mass is 35.5. The Morgan fingerprint density at radius 3 is 2.27 bits per heavy atom. The molecule has 7 nitrogen and oxygen atoms in total. The van der Waals surface area contributed by atoms with E-state index in [9.17, 15) is 9.59 Å². The second kappa shape index (κ2) is 10.4. The number of benzene rings is 2. The summed E-state index contributed by atoms with van der Waals surface area (Å²) in [6.07, 6.45) is 4.22. The van der Waals surface area contributed by atoms with Crippen LogP contribution < -0.4 is 16.1 Å². The summed E-state index contributed by atoms with van der Waals surface area (Å²) in [5.74, 6) is -0.577. The number of carbonyl (C=O) groups is 2. The normalized spacial score (nSPS) is 10.6. The van der Waals surface area contributed by atoms with Crippen LogP contribution in [0.25, 0.3) is 0 Å². The number of hydrogen-bond acceptors (Lipinski definition) is 5. The highest BCUT2D eigenvalue weighted by Crippen LogP contribution is 2.20. The number of hydrogen-bond donors (Lipinski definition) is 3. The van der Waals surface area contributed by atoms with Gasteiger partial charge in [-0.1, -0.05) is 41.4 Å².